The lowest BCUT2D eigenvalue weighted by Gasteiger charge is -2.61. The summed E-state index contributed by atoms with van der Waals surface area (Å²) in [4.78, 5) is 49.3. The molecule has 4 fully saturated rings. The second-order valence-electron chi connectivity index (χ2n) is 18.8. The van der Waals surface area contributed by atoms with Crippen LogP contribution in [0.2, 0.25) is 0 Å². The Balaban J connectivity index is 1.14. The van der Waals surface area contributed by atoms with Crippen LogP contribution in [-0.4, -0.2) is 58.0 Å². The Morgan fingerprint density at radius 2 is 1.31 bits per heavy atom. The number of nitrogens with zero attached hydrogens (tertiary/aromatic N) is 1. The maximum atomic E-state index is 13.0. The number of carboxylic acid groups (broad SMARTS) is 2. The Kier molecular flexibility index (Phi) is 17.9. The van der Waals surface area contributed by atoms with Crippen LogP contribution in [0.15, 0.2) is 12.2 Å². The standard InChI is InChI=1S/C46H78N2O6/c1-5-6-7-8-9-10-11-12-13-14-15-16-17-18-19-20-41(49)47-36-27-29-45(3)35(31-36)22-23-37-39-25-24-38(46(39,4)30-28-40(37)45)34(2)21-26-42(50)48(32-43(51)52)33-44(53)54/h12-13,34-40H,5-11,14-33H2,1-4H3,(H,47,49)(H,51,52)(H,53,54)/b13-12-/t34?,35?,36-,37?,38+,39?,40?,45-,46+/m0/s1. The molecule has 0 aromatic heterocycles. The van der Waals surface area contributed by atoms with Crippen molar-refractivity contribution in [3.05, 3.63) is 12.2 Å². The molecule has 5 unspecified atom stereocenters. The van der Waals surface area contributed by atoms with Crippen LogP contribution in [0.1, 0.15) is 188 Å². The number of allylic oxidation sites excluding steroid dienone is 2. The molecule has 308 valence electrons. The minimum atomic E-state index is -1.19. The van der Waals surface area contributed by atoms with Gasteiger partial charge in [0, 0.05) is 18.9 Å². The largest absolute Gasteiger partial charge is 0.480 e. The average molecular weight is 755 g/mol. The molecule has 0 aromatic rings. The van der Waals surface area contributed by atoms with Crippen molar-refractivity contribution in [1.29, 1.82) is 0 Å². The molecule has 0 bridgehead atoms. The molecule has 0 saturated heterocycles. The SMILES string of the molecule is CCCCCCCC/C=C\CCCCCCCC(=O)N[C@H]1CC[C@@]2(C)C(CCC3C2CC[C@@]2(C)C3CC[C@@H]2C(C)CCC(=O)N(CC(=O)O)CC(=O)O)C1. The summed E-state index contributed by atoms with van der Waals surface area (Å²) in [6.45, 7) is 8.48. The first-order valence-electron chi connectivity index (χ1n) is 22.5. The molecule has 0 radical (unpaired) electrons. The zero-order valence-electron chi connectivity index (χ0n) is 34.8. The number of nitrogens with one attached hydrogen (secondary N) is 1. The van der Waals surface area contributed by atoms with Crippen LogP contribution >= 0.6 is 0 Å². The predicted molar refractivity (Wildman–Crippen MR) is 217 cm³/mol. The lowest BCUT2D eigenvalue weighted by Crippen LogP contribution is -2.55. The van der Waals surface area contributed by atoms with Gasteiger partial charge >= 0.3 is 11.9 Å². The summed E-state index contributed by atoms with van der Waals surface area (Å²) in [5, 5.41) is 21.8. The summed E-state index contributed by atoms with van der Waals surface area (Å²) in [6.07, 6.45) is 33.7. The zero-order valence-corrected chi connectivity index (χ0v) is 34.8. The van der Waals surface area contributed by atoms with Crippen molar-refractivity contribution in [3.8, 4) is 0 Å². The zero-order chi connectivity index (χ0) is 39.1. The number of rotatable bonds is 24. The van der Waals surface area contributed by atoms with Crippen molar-refractivity contribution in [1.82, 2.24) is 10.2 Å². The van der Waals surface area contributed by atoms with Gasteiger partial charge in [-0.1, -0.05) is 91.2 Å². The van der Waals surface area contributed by atoms with E-state index in [0.29, 0.717) is 48.0 Å². The Hall–Kier alpha value is -2.38. The number of hydrogen-bond donors (Lipinski definition) is 3. The Labute approximate surface area is 328 Å². The molecule has 8 heteroatoms. The number of hydrogen-bond acceptors (Lipinski definition) is 4. The Morgan fingerprint density at radius 3 is 1.96 bits per heavy atom. The van der Waals surface area contributed by atoms with E-state index in [9.17, 15) is 29.4 Å². The van der Waals surface area contributed by atoms with Crippen molar-refractivity contribution in [3.63, 3.8) is 0 Å². The molecule has 9 atom stereocenters. The number of fused-ring (bicyclic) bond motifs is 5. The summed E-state index contributed by atoms with van der Waals surface area (Å²) < 4.78 is 0. The molecular formula is C46H78N2O6. The predicted octanol–water partition coefficient (Wildman–Crippen LogP) is 10.6. The lowest BCUT2D eigenvalue weighted by atomic mass is 9.44. The normalized spacial score (nSPS) is 31.0. The average Bonchev–Trinajstić information content (AvgIpc) is 3.49. The molecule has 54 heavy (non-hydrogen) atoms. The first kappa shape index (κ1) is 44.3. The van der Waals surface area contributed by atoms with E-state index in [-0.39, 0.29) is 23.7 Å². The lowest BCUT2D eigenvalue weighted by molar-refractivity contribution is -0.149. The van der Waals surface area contributed by atoms with Crippen molar-refractivity contribution >= 4 is 23.8 Å². The molecule has 4 rings (SSSR count). The first-order valence-corrected chi connectivity index (χ1v) is 22.5. The fraction of sp³-hybridized carbons (Fsp3) is 0.870. The number of carbonyl (C=O) groups excluding carboxylic acids is 2. The molecular weight excluding hydrogens is 677 g/mol. The fourth-order valence-electron chi connectivity index (χ4n) is 12.3. The van der Waals surface area contributed by atoms with Gasteiger partial charge in [0.2, 0.25) is 11.8 Å². The second-order valence-corrected chi connectivity index (χ2v) is 18.8. The van der Waals surface area contributed by atoms with Crippen LogP contribution in [0.25, 0.3) is 0 Å². The smallest absolute Gasteiger partial charge is 0.323 e. The molecule has 4 aliphatic carbocycles. The topological polar surface area (TPSA) is 124 Å². The third kappa shape index (κ3) is 12.3. The van der Waals surface area contributed by atoms with Crippen LogP contribution in [0.3, 0.4) is 0 Å². The van der Waals surface area contributed by atoms with Crippen molar-refractivity contribution < 1.29 is 29.4 Å². The van der Waals surface area contributed by atoms with Gasteiger partial charge in [-0.05, 0) is 143 Å². The van der Waals surface area contributed by atoms with Gasteiger partial charge in [-0.25, -0.2) is 0 Å². The minimum absolute atomic E-state index is 0.194. The monoisotopic (exact) mass is 755 g/mol. The molecule has 8 nitrogen and oxygen atoms in total. The Bertz CT molecular complexity index is 1220. The van der Waals surface area contributed by atoms with E-state index in [0.717, 1.165) is 42.4 Å². The summed E-state index contributed by atoms with van der Waals surface area (Å²) in [5.74, 6) is 1.24. The molecule has 4 aliphatic rings. The quantitative estimate of drug-likeness (QED) is 0.0666. The van der Waals surface area contributed by atoms with E-state index >= 15 is 0 Å². The molecule has 0 heterocycles. The number of amides is 2. The molecule has 4 saturated carbocycles. The van der Waals surface area contributed by atoms with E-state index in [1.165, 1.54) is 116 Å². The van der Waals surface area contributed by atoms with Crippen LogP contribution in [0.5, 0.6) is 0 Å². The van der Waals surface area contributed by atoms with Crippen molar-refractivity contribution in [2.75, 3.05) is 13.1 Å². The van der Waals surface area contributed by atoms with E-state index in [1.807, 2.05) is 0 Å². The Morgan fingerprint density at radius 1 is 0.722 bits per heavy atom. The van der Waals surface area contributed by atoms with E-state index < -0.39 is 25.0 Å². The molecule has 0 aromatic carbocycles. The van der Waals surface area contributed by atoms with Gasteiger partial charge < -0.3 is 20.4 Å². The number of carbonyl (C=O) groups is 4. The summed E-state index contributed by atoms with van der Waals surface area (Å²) >= 11 is 0. The maximum Gasteiger partial charge on any atom is 0.323 e. The summed E-state index contributed by atoms with van der Waals surface area (Å²) in [7, 11) is 0. The minimum Gasteiger partial charge on any atom is -0.480 e. The van der Waals surface area contributed by atoms with Gasteiger partial charge in [-0.3, -0.25) is 19.2 Å². The summed E-state index contributed by atoms with van der Waals surface area (Å²) in [6, 6.07) is 0.324. The molecule has 0 aliphatic heterocycles. The van der Waals surface area contributed by atoms with Crippen LogP contribution < -0.4 is 5.32 Å². The highest BCUT2D eigenvalue weighted by atomic mass is 16.4. The fourth-order valence-corrected chi connectivity index (χ4v) is 12.3. The van der Waals surface area contributed by atoms with Gasteiger partial charge in [0.1, 0.15) is 13.1 Å². The van der Waals surface area contributed by atoms with E-state index in [4.69, 9.17) is 0 Å². The number of carboxylic acids is 2. The molecule has 3 N–H and O–H groups in total. The van der Waals surface area contributed by atoms with E-state index in [2.05, 4.69) is 45.2 Å². The van der Waals surface area contributed by atoms with Gasteiger partial charge in [0.05, 0.1) is 0 Å². The highest BCUT2D eigenvalue weighted by Gasteiger charge is 2.60. The van der Waals surface area contributed by atoms with Crippen molar-refractivity contribution in [2.24, 2.45) is 46.3 Å². The third-order valence-electron chi connectivity index (χ3n) is 15.3. The number of unbranched alkanes of at least 4 members (excludes halogenated alkanes) is 11. The van der Waals surface area contributed by atoms with E-state index in [1.54, 1.807) is 0 Å². The van der Waals surface area contributed by atoms with Gasteiger partial charge in [0.25, 0.3) is 0 Å². The molecule has 0 spiro atoms. The third-order valence-corrected chi connectivity index (χ3v) is 15.3. The number of aliphatic carboxylic acids is 2. The second kappa shape index (κ2) is 21.8. The van der Waals surface area contributed by atoms with Gasteiger partial charge in [0.15, 0.2) is 0 Å². The highest BCUT2D eigenvalue weighted by molar-refractivity contribution is 5.85. The van der Waals surface area contributed by atoms with Crippen LogP contribution in [-0.2, 0) is 19.2 Å². The van der Waals surface area contributed by atoms with Gasteiger partial charge in [-0.2, -0.15) is 0 Å². The molecule has 2 amide bonds. The van der Waals surface area contributed by atoms with Crippen molar-refractivity contribution in [2.45, 2.75) is 194 Å². The highest BCUT2D eigenvalue weighted by Crippen LogP contribution is 2.68. The first-order chi connectivity index (χ1) is 25.9. The maximum absolute atomic E-state index is 13.0. The summed E-state index contributed by atoms with van der Waals surface area (Å²) in [5.41, 5.74) is 0.604. The van der Waals surface area contributed by atoms with Gasteiger partial charge in [-0.15, -0.1) is 0 Å². The van der Waals surface area contributed by atoms with Crippen LogP contribution in [0, 0.1) is 46.3 Å². The van der Waals surface area contributed by atoms with Crippen LogP contribution in [0.4, 0.5) is 0 Å².